The molecule has 3 aromatic carbocycles. The zero-order valence-corrected chi connectivity index (χ0v) is 17.6. The number of anilines is 1. The highest BCUT2D eigenvalue weighted by Crippen LogP contribution is 2.23. The van der Waals surface area contributed by atoms with Crippen LogP contribution < -0.4 is 4.31 Å². The number of nitrogens with zero attached hydrogens (tertiary/aromatic N) is 2. The van der Waals surface area contributed by atoms with Crippen molar-refractivity contribution in [3.8, 4) is 0 Å². The SMILES string of the molecule is Cc1ccc(S(=O)(=O)N(C)c2ccc(C(=O)N(C)Cc3ccccc3)cc2)cc1. The number of aryl methyl sites for hydroxylation is 1. The maximum atomic E-state index is 12.8. The first-order chi connectivity index (χ1) is 13.8. The largest absolute Gasteiger partial charge is 0.337 e. The summed E-state index contributed by atoms with van der Waals surface area (Å²) in [5.41, 5.74) is 3.04. The average Bonchev–Trinajstić information content (AvgIpc) is 2.73. The van der Waals surface area contributed by atoms with Gasteiger partial charge in [0, 0.05) is 26.2 Å². The third-order valence-corrected chi connectivity index (χ3v) is 6.57. The zero-order valence-electron chi connectivity index (χ0n) is 16.7. The van der Waals surface area contributed by atoms with Crippen LogP contribution >= 0.6 is 0 Å². The molecule has 0 fully saturated rings. The van der Waals surface area contributed by atoms with Crippen molar-refractivity contribution in [2.75, 3.05) is 18.4 Å². The van der Waals surface area contributed by atoms with E-state index >= 15 is 0 Å². The minimum atomic E-state index is -3.66. The molecule has 150 valence electrons. The molecule has 0 aromatic heterocycles. The van der Waals surface area contributed by atoms with Crippen LogP contribution in [0.4, 0.5) is 5.69 Å². The third kappa shape index (κ3) is 4.66. The maximum absolute atomic E-state index is 12.8. The van der Waals surface area contributed by atoms with Gasteiger partial charge in [-0.1, -0.05) is 48.0 Å². The molecule has 0 bridgehead atoms. The molecule has 0 heterocycles. The topological polar surface area (TPSA) is 57.7 Å². The molecule has 5 nitrogen and oxygen atoms in total. The van der Waals surface area contributed by atoms with Crippen molar-refractivity contribution >= 4 is 21.6 Å². The molecular formula is C23H24N2O3S. The lowest BCUT2D eigenvalue weighted by molar-refractivity contribution is 0.0785. The Labute approximate surface area is 172 Å². The van der Waals surface area contributed by atoms with Gasteiger partial charge in [-0.25, -0.2) is 8.42 Å². The number of benzene rings is 3. The minimum Gasteiger partial charge on any atom is -0.337 e. The lowest BCUT2D eigenvalue weighted by Gasteiger charge is -2.21. The van der Waals surface area contributed by atoms with Crippen LogP contribution in [0.15, 0.2) is 83.8 Å². The summed E-state index contributed by atoms with van der Waals surface area (Å²) in [6.07, 6.45) is 0. The Morgan fingerprint density at radius 3 is 2.00 bits per heavy atom. The first-order valence-corrected chi connectivity index (χ1v) is 10.7. The van der Waals surface area contributed by atoms with Gasteiger partial charge in [-0.2, -0.15) is 0 Å². The van der Waals surface area contributed by atoms with Gasteiger partial charge in [0.1, 0.15) is 0 Å². The summed E-state index contributed by atoms with van der Waals surface area (Å²) in [4.78, 5) is 14.5. The highest BCUT2D eigenvalue weighted by atomic mass is 32.2. The Balaban J connectivity index is 1.75. The Bertz CT molecular complexity index is 1080. The molecule has 0 spiro atoms. The second-order valence-corrected chi connectivity index (χ2v) is 8.95. The van der Waals surface area contributed by atoms with Crippen LogP contribution in [0.25, 0.3) is 0 Å². The van der Waals surface area contributed by atoms with Crippen LogP contribution in [0.1, 0.15) is 21.5 Å². The zero-order chi connectivity index (χ0) is 21.0. The lowest BCUT2D eigenvalue weighted by atomic mass is 10.1. The Hall–Kier alpha value is -3.12. The summed E-state index contributed by atoms with van der Waals surface area (Å²) < 4.78 is 26.9. The van der Waals surface area contributed by atoms with Crippen LogP contribution in [-0.4, -0.2) is 33.3 Å². The molecule has 0 atom stereocenters. The van der Waals surface area contributed by atoms with E-state index in [9.17, 15) is 13.2 Å². The molecule has 0 radical (unpaired) electrons. The van der Waals surface area contributed by atoms with Crippen molar-refractivity contribution < 1.29 is 13.2 Å². The normalized spacial score (nSPS) is 11.1. The number of carbonyl (C=O) groups excluding carboxylic acids is 1. The van der Waals surface area contributed by atoms with Gasteiger partial charge in [-0.15, -0.1) is 0 Å². The first-order valence-electron chi connectivity index (χ1n) is 9.24. The van der Waals surface area contributed by atoms with Gasteiger partial charge in [0.05, 0.1) is 10.6 Å². The molecule has 1 amide bonds. The van der Waals surface area contributed by atoms with Gasteiger partial charge in [-0.3, -0.25) is 9.10 Å². The molecule has 0 aliphatic carbocycles. The summed E-state index contributed by atoms with van der Waals surface area (Å²) in [7, 11) is -0.406. The average molecular weight is 409 g/mol. The van der Waals surface area contributed by atoms with Gasteiger partial charge in [-0.05, 0) is 48.9 Å². The van der Waals surface area contributed by atoms with E-state index in [-0.39, 0.29) is 10.8 Å². The molecule has 0 aliphatic rings. The standard InChI is InChI=1S/C23H24N2O3S/c1-18-9-15-22(16-10-18)29(27,28)25(3)21-13-11-20(12-14-21)23(26)24(2)17-19-7-5-4-6-8-19/h4-16H,17H2,1-3H3. The summed E-state index contributed by atoms with van der Waals surface area (Å²) in [5, 5.41) is 0. The second-order valence-electron chi connectivity index (χ2n) is 6.98. The van der Waals surface area contributed by atoms with Crippen molar-refractivity contribution in [1.82, 2.24) is 4.90 Å². The lowest BCUT2D eigenvalue weighted by Crippen LogP contribution is -2.27. The van der Waals surface area contributed by atoms with E-state index in [1.807, 2.05) is 37.3 Å². The van der Waals surface area contributed by atoms with E-state index in [2.05, 4.69) is 0 Å². The number of sulfonamides is 1. The van der Waals surface area contributed by atoms with Crippen LogP contribution in [0, 0.1) is 6.92 Å². The number of carbonyl (C=O) groups is 1. The molecule has 29 heavy (non-hydrogen) atoms. The van der Waals surface area contributed by atoms with Crippen LogP contribution in [-0.2, 0) is 16.6 Å². The van der Waals surface area contributed by atoms with Gasteiger partial charge >= 0.3 is 0 Å². The van der Waals surface area contributed by atoms with Crippen LogP contribution in [0.3, 0.4) is 0 Å². The quantitative estimate of drug-likeness (QED) is 0.617. The van der Waals surface area contributed by atoms with E-state index < -0.39 is 10.0 Å². The molecule has 0 aliphatic heterocycles. The van der Waals surface area contributed by atoms with Crippen molar-refractivity contribution in [3.63, 3.8) is 0 Å². The molecular weight excluding hydrogens is 384 g/mol. The molecule has 0 N–H and O–H groups in total. The third-order valence-electron chi connectivity index (χ3n) is 4.77. The van der Waals surface area contributed by atoms with Gasteiger partial charge in [0.25, 0.3) is 15.9 Å². The fourth-order valence-electron chi connectivity index (χ4n) is 2.97. The summed E-state index contributed by atoms with van der Waals surface area (Å²) in [6, 6.07) is 23.1. The molecule has 0 saturated heterocycles. The fourth-order valence-corrected chi connectivity index (χ4v) is 4.17. The van der Waals surface area contributed by atoms with Crippen molar-refractivity contribution in [1.29, 1.82) is 0 Å². The number of amides is 1. The van der Waals surface area contributed by atoms with E-state index in [1.54, 1.807) is 60.5 Å². The fraction of sp³-hybridized carbons (Fsp3) is 0.174. The van der Waals surface area contributed by atoms with Crippen molar-refractivity contribution in [2.45, 2.75) is 18.4 Å². The van der Waals surface area contributed by atoms with Gasteiger partial charge < -0.3 is 4.90 Å². The van der Waals surface area contributed by atoms with Crippen LogP contribution in [0.2, 0.25) is 0 Å². The van der Waals surface area contributed by atoms with E-state index in [0.29, 0.717) is 17.8 Å². The smallest absolute Gasteiger partial charge is 0.264 e. The van der Waals surface area contributed by atoms with E-state index in [4.69, 9.17) is 0 Å². The highest BCUT2D eigenvalue weighted by Gasteiger charge is 2.21. The summed E-state index contributed by atoms with van der Waals surface area (Å²) >= 11 is 0. The highest BCUT2D eigenvalue weighted by molar-refractivity contribution is 7.92. The minimum absolute atomic E-state index is 0.121. The van der Waals surface area contributed by atoms with Crippen LogP contribution in [0.5, 0.6) is 0 Å². The summed E-state index contributed by atoms with van der Waals surface area (Å²) in [5.74, 6) is -0.121. The van der Waals surface area contributed by atoms with E-state index in [1.165, 1.54) is 11.4 Å². The van der Waals surface area contributed by atoms with Gasteiger partial charge in [0.2, 0.25) is 0 Å². The van der Waals surface area contributed by atoms with Crippen molar-refractivity contribution in [2.24, 2.45) is 0 Å². The predicted octanol–water partition coefficient (Wildman–Crippen LogP) is 4.09. The van der Waals surface area contributed by atoms with Crippen molar-refractivity contribution in [3.05, 3.63) is 95.6 Å². The predicted molar refractivity (Wildman–Crippen MR) is 115 cm³/mol. The number of rotatable bonds is 6. The number of hydrogen-bond donors (Lipinski definition) is 0. The first kappa shape index (κ1) is 20.6. The number of hydrogen-bond acceptors (Lipinski definition) is 3. The molecule has 0 unspecified atom stereocenters. The maximum Gasteiger partial charge on any atom is 0.264 e. The Morgan fingerprint density at radius 1 is 0.828 bits per heavy atom. The molecule has 3 aromatic rings. The second kappa shape index (κ2) is 8.49. The van der Waals surface area contributed by atoms with E-state index in [0.717, 1.165) is 11.1 Å². The molecule has 3 rings (SSSR count). The van der Waals surface area contributed by atoms with Gasteiger partial charge in [0.15, 0.2) is 0 Å². The monoisotopic (exact) mass is 408 g/mol. The Morgan fingerprint density at radius 2 is 1.41 bits per heavy atom. The molecule has 6 heteroatoms. The molecule has 0 saturated carbocycles. The summed E-state index contributed by atoms with van der Waals surface area (Å²) in [6.45, 7) is 2.41. The Kier molecular flexibility index (Phi) is 6.03.